The average molecular weight is 348 g/mol. The predicted molar refractivity (Wildman–Crippen MR) is 94.1 cm³/mol. The lowest BCUT2D eigenvalue weighted by atomic mass is 10.1. The zero-order valence-electron chi connectivity index (χ0n) is 14.8. The molecule has 6 heteroatoms. The third kappa shape index (κ3) is 5.01. The van der Waals surface area contributed by atoms with Gasteiger partial charge in [-0.2, -0.15) is 0 Å². The molecule has 0 bridgehead atoms. The molecule has 0 radical (unpaired) electrons. The van der Waals surface area contributed by atoms with Gasteiger partial charge >= 0.3 is 0 Å². The number of carbonyl (C=O) groups excluding carboxylic acids is 1. The van der Waals surface area contributed by atoms with E-state index in [0.29, 0.717) is 26.4 Å². The molecular formula is C19H28N2O4. The van der Waals surface area contributed by atoms with E-state index in [9.17, 15) is 9.90 Å². The van der Waals surface area contributed by atoms with Crippen molar-refractivity contribution in [2.45, 2.75) is 37.7 Å². The quantitative estimate of drug-likeness (QED) is 0.827. The number of aliphatic hydroxyl groups excluding tert-OH is 1. The lowest BCUT2D eigenvalue weighted by Gasteiger charge is -2.34. The van der Waals surface area contributed by atoms with Crippen molar-refractivity contribution in [2.24, 2.45) is 0 Å². The van der Waals surface area contributed by atoms with Crippen LogP contribution in [0, 0.1) is 0 Å². The van der Waals surface area contributed by atoms with Crippen molar-refractivity contribution >= 4 is 5.91 Å². The van der Waals surface area contributed by atoms with Gasteiger partial charge in [0.15, 0.2) is 0 Å². The van der Waals surface area contributed by atoms with Crippen LogP contribution in [0.15, 0.2) is 30.3 Å². The summed E-state index contributed by atoms with van der Waals surface area (Å²) in [6.07, 6.45) is 1.46. The Kier molecular flexibility index (Phi) is 6.42. The molecule has 138 valence electrons. The van der Waals surface area contributed by atoms with Gasteiger partial charge in [0.25, 0.3) is 0 Å². The SMILES string of the molecule is CN(CC(=O)N1CCC(OCc2ccccc2)CC1)[C@@H]1COC[C@H]1O. The maximum atomic E-state index is 12.5. The molecule has 25 heavy (non-hydrogen) atoms. The number of hydrogen-bond donors (Lipinski definition) is 1. The second kappa shape index (κ2) is 8.76. The smallest absolute Gasteiger partial charge is 0.236 e. The molecule has 2 atom stereocenters. The summed E-state index contributed by atoms with van der Waals surface area (Å²) in [5.74, 6) is 0.114. The summed E-state index contributed by atoms with van der Waals surface area (Å²) in [7, 11) is 1.87. The summed E-state index contributed by atoms with van der Waals surface area (Å²) in [6, 6.07) is 10.1. The molecule has 2 aliphatic rings. The Labute approximate surface area is 149 Å². The van der Waals surface area contributed by atoms with Crippen LogP contribution in [0.3, 0.4) is 0 Å². The second-order valence-corrected chi connectivity index (χ2v) is 6.96. The zero-order chi connectivity index (χ0) is 17.6. The Morgan fingerprint density at radius 3 is 2.64 bits per heavy atom. The normalized spacial score (nSPS) is 24.8. The van der Waals surface area contributed by atoms with Crippen molar-refractivity contribution in [1.82, 2.24) is 9.80 Å². The van der Waals surface area contributed by atoms with Crippen LogP contribution in [0.2, 0.25) is 0 Å². The number of hydrogen-bond acceptors (Lipinski definition) is 5. The average Bonchev–Trinajstić information content (AvgIpc) is 3.07. The number of piperidine rings is 1. The molecule has 2 fully saturated rings. The van der Waals surface area contributed by atoms with E-state index >= 15 is 0 Å². The Morgan fingerprint density at radius 1 is 1.28 bits per heavy atom. The van der Waals surface area contributed by atoms with Gasteiger partial charge in [0.2, 0.25) is 5.91 Å². The number of likely N-dealkylation sites (N-methyl/N-ethyl adjacent to an activating group) is 1. The van der Waals surface area contributed by atoms with E-state index in [1.165, 1.54) is 5.56 Å². The van der Waals surface area contributed by atoms with Crippen LogP contribution in [-0.4, -0.2) is 79.0 Å². The molecule has 2 aliphatic heterocycles. The molecular weight excluding hydrogens is 320 g/mol. The van der Waals surface area contributed by atoms with Crippen molar-refractivity contribution in [3.05, 3.63) is 35.9 Å². The van der Waals surface area contributed by atoms with Crippen LogP contribution >= 0.6 is 0 Å². The van der Waals surface area contributed by atoms with Gasteiger partial charge in [0.05, 0.1) is 44.6 Å². The largest absolute Gasteiger partial charge is 0.389 e. The highest BCUT2D eigenvalue weighted by Crippen LogP contribution is 2.17. The Hall–Kier alpha value is -1.47. The number of likely N-dealkylation sites (tertiary alicyclic amines) is 1. The summed E-state index contributed by atoms with van der Waals surface area (Å²) < 4.78 is 11.2. The first-order valence-electron chi connectivity index (χ1n) is 9.03. The fraction of sp³-hybridized carbons (Fsp3) is 0.632. The Morgan fingerprint density at radius 2 is 2.00 bits per heavy atom. The second-order valence-electron chi connectivity index (χ2n) is 6.96. The molecule has 1 aromatic rings. The number of benzene rings is 1. The summed E-state index contributed by atoms with van der Waals surface area (Å²) in [5.41, 5.74) is 1.18. The molecule has 6 nitrogen and oxygen atoms in total. The minimum absolute atomic E-state index is 0.0873. The highest BCUT2D eigenvalue weighted by molar-refractivity contribution is 5.78. The summed E-state index contributed by atoms with van der Waals surface area (Å²) >= 11 is 0. The number of rotatable bonds is 6. The first kappa shape index (κ1) is 18.3. The third-order valence-electron chi connectivity index (χ3n) is 5.10. The topological polar surface area (TPSA) is 62.2 Å². The molecule has 0 saturated carbocycles. The summed E-state index contributed by atoms with van der Waals surface area (Å²) in [5, 5.41) is 9.86. The molecule has 3 rings (SSSR count). The molecule has 2 saturated heterocycles. The minimum Gasteiger partial charge on any atom is -0.389 e. The van der Waals surface area contributed by atoms with Crippen molar-refractivity contribution in [1.29, 1.82) is 0 Å². The molecule has 1 N–H and O–H groups in total. The molecule has 2 heterocycles. The van der Waals surface area contributed by atoms with E-state index in [1.54, 1.807) is 0 Å². The maximum Gasteiger partial charge on any atom is 0.236 e. The minimum atomic E-state index is -0.505. The van der Waals surface area contributed by atoms with Gasteiger partial charge in [0, 0.05) is 13.1 Å². The lowest BCUT2D eigenvalue weighted by molar-refractivity contribution is -0.135. The fourth-order valence-electron chi connectivity index (χ4n) is 3.44. The number of carbonyl (C=O) groups is 1. The van der Waals surface area contributed by atoms with Gasteiger partial charge in [-0.15, -0.1) is 0 Å². The Bertz CT molecular complexity index is 546. The molecule has 1 aromatic carbocycles. The van der Waals surface area contributed by atoms with Crippen LogP contribution in [0.4, 0.5) is 0 Å². The molecule has 0 spiro atoms. The van der Waals surface area contributed by atoms with Gasteiger partial charge < -0.3 is 19.5 Å². The number of nitrogens with zero attached hydrogens (tertiary/aromatic N) is 2. The number of aliphatic hydroxyl groups is 1. The summed E-state index contributed by atoms with van der Waals surface area (Å²) in [6.45, 7) is 3.25. The van der Waals surface area contributed by atoms with Gasteiger partial charge in [-0.25, -0.2) is 0 Å². The summed E-state index contributed by atoms with van der Waals surface area (Å²) in [4.78, 5) is 16.3. The van der Waals surface area contributed by atoms with Crippen molar-refractivity contribution in [3.8, 4) is 0 Å². The Balaban J connectivity index is 1.38. The van der Waals surface area contributed by atoms with E-state index in [4.69, 9.17) is 9.47 Å². The first-order chi connectivity index (χ1) is 12.1. The van der Waals surface area contributed by atoms with Crippen LogP contribution in [-0.2, 0) is 20.9 Å². The monoisotopic (exact) mass is 348 g/mol. The maximum absolute atomic E-state index is 12.5. The van der Waals surface area contributed by atoms with Crippen molar-refractivity contribution in [2.75, 3.05) is 39.9 Å². The van der Waals surface area contributed by atoms with Gasteiger partial charge in [-0.05, 0) is 25.5 Å². The van der Waals surface area contributed by atoms with E-state index < -0.39 is 6.10 Å². The van der Waals surface area contributed by atoms with Gasteiger partial charge in [0.1, 0.15) is 0 Å². The van der Waals surface area contributed by atoms with Gasteiger partial charge in [-0.3, -0.25) is 9.69 Å². The van der Waals surface area contributed by atoms with E-state index in [2.05, 4.69) is 12.1 Å². The molecule has 1 amide bonds. The lowest BCUT2D eigenvalue weighted by Crippen LogP contribution is -2.49. The van der Waals surface area contributed by atoms with Crippen LogP contribution in [0.5, 0.6) is 0 Å². The highest BCUT2D eigenvalue weighted by atomic mass is 16.5. The molecule has 0 aliphatic carbocycles. The van der Waals surface area contributed by atoms with Crippen LogP contribution < -0.4 is 0 Å². The predicted octanol–water partition coefficient (Wildman–Crippen LogP) is 0.886. The third-order valence-corrected chi connectivity index (χ3v) is 5.10. The van der Waals surface area contributed by atoms with Crippen LogP contribution in [0.1, 0.15) is 18.4 Å². The zero-order valence-corrected chi connectivity index (χ0v) is 14.8. The highest BCUT2D eigenvalue weighted by Gasteiger charge is 2.32. The van der Waals surface area contributed by atoms with E-state index in [0.717, 1.165) is 25.9 Å². The van der Waals surface area contributed by atoms with E-state index in [-0.39, 0.29) is 18.1 Å². The van der Waals surface area contributed by atoms with Crippen LogP contribution in [0.25, 0.3) is 0 Å². The van der Waals surface area contributed by atoms with Gasteiger partial charge in [-0.1, -0.05) is 30.3 Å². The fourth-order valence-corrected chi connectivity index (χ4v) is 3.44. The molecule has 0 aromatic heterocycles. The first-order valence-corrected chi connectivity index (χ1v) is 9.03. The van der Waals surface area contributed by atoms with Crippen molar-refractivity contribution in [3.63, 3.8) is 0 Å². The van der Waals surface area contributed by atoms with Crippen molar-refractivity contribution < 1.29 is 19.4 Å². The number of amides is 1. The van der Waals surface area contributed by atoms with E-state index in [1.807, 2.05) is 35.0 Å². The standard InChI is InChI=1S/C19H28N2O4/c1-20(17-13-24-14-18(17)22)11-19(23)21-9-7-16(8-10-21)25-12-15-5-3-2-4-6-15/h2-6,16-18,22H,7-14H2,1H3/t17-,18-/m1/s1. The number of ether oxygens (including phenoxy) is 2. The molecule has 0 unspecified atom stereocenters.